The fourth-order valence-corrected chi connectivity index (χ4v) is 5.09. The molecule has 0 aliphatic carbocycles. The third-order valence-corrected chi connectivity index (χ3v) is 6.42. The minimum atomic E-state index is -0.121. The van der Waals surface area contributed by atoms with Crippen LogP contribution in [0.4, 0.5) is 0 Å². The first-order chi connectivity index (χ1) is 10.8. The number of thiophene rings is 1. The summed E-state index contributed by atoms with van der Waals surface area (Å²) in [5.41, 5.74) is 1.27. The van der Waals surface area contributed by atoms with Crippen LogP contribution in [0.1, 0.15) is 42.5 Å². The molecule has 1 amide bonds. The number of nitrogens with one attached hydrogen (secondary N) is 1. The van der Waals surface area contributed by atoms with Crippen molar-refractivity contribution in [2.75, 3.05) is 26.2 Å². The number of amides is 1. The van der Waals surface area contributed by atoms with Gasteiger partial charge in [0, 0.05) is 24.4 Å². The second-order valence-electron chi connectivity index (χ2n) is 6.68. The Morgan fingerprint density at radius 3 is 2.91 bits per heavy atom. The van der Waals surface area contributed by atoms with Crippen LogP contribution < -0.4 is 5.32 Å². The number of ether oxygens (including phenoxy) is 1. The topological polar surface area (TPSA) is 41.6 Å². The molecule has 4 rings (SSSR count). The van der Waals surface area contributed by atoms with Gasteiger partial charge in [0.15, 0.2) is 0 Å². The molecule has 1 atom stereocenters. The van der Waals surface area contributed by atoms with E-state index in [2.05, 4.69) is 21.7 Å². The zero-order valence-corrected chi connectivity index (χ0v) is 15.0. The van der Waals surface area contributed by atoms with Gasteiger partial charge in [-0.25, -0.2) is 0 Å². The molecule has 0 bridgehead atoms. The Morgan fingerprint density at radius 1 is 1.35 bits per heavy atom. The average Bonchev–Trinajstić information content (AvgIpc) is 3.06. The molecule has 23 heavy (non-hydrogen) atoms. The molecule has 6 heteroatoms. The quantitative estimate of drug-likeness (QED) is 0.841. The Labute approximate surface area is 148 Å². The van der Waals surface area contributed by atoms with E-state index >= 15 is 0 Å². The molecular weight excluding hydrogens is 332 g/mol. The van der Waals surface area contributed by atoms with E-state index in [4.69, 9.17) is 4.74 Å². The van der Waals surface area contributed by atoms with Crippen molar-refractivity contribution in [3.05, 3.63) is 21.9 Å². The van der Waals surface area contributed by atoms with Gasteiger partial charge in [-0.3, -0.25) is 4.79 Å². The van der Waals surface area contributed by atoms with Crippen LogP contribution in [-0.4, -0.2) is 43.1 Å². The van der Waals surface area contributed by atoms with Crippen molar-refractivity contribution < 1.29 is 9.53 Å². The Hall–Kier alpha value is -0.620. The van der Waals surface area contributed by atoms with Crippen LogP contribution in [0, 0.1) is 0 Å². The van der Waals surface area contributed by atoms with Crippen molar-refractivity contribution >= 4 is 29.7 Å². The predicted molar refractivity (Wildman–Crippen MR) is 94.4 cm³/mol. The monoisotopic (exact) mass is 356 g/mol. The van der Waals surface area contributed by atoms with E-state index in [1.807, 2.05) is 11.3 Å². The van der Waals surface area contributed by atoms with Crippen LogP contribution in [-0.2, 0) is 21.6 Å². The Morgan fingerprint density at radius 2 is 2.17 bits per heavy atom. The SMILES string of the molecule is Cl.O=C([C@H]1CCCCN1)N1CCC2(CC1)OCCc1sccc12. The van der Waals surface area contributed by atoms with Gasteiger partial charge < -0.3 is 15.0 Å². The summed E-state index contributed by atoms with van der Waals surface area (Å²) >= 11 is 1.85. The van der Waals surface area contributed by atoms with Crippen LogP contribution in [0.2, 0.25) is 0 Å². The lowest BCUT2D eigenvalue weighted by atomic mass is 9.82. The molecule has 1 spiro atoms. The molecule has 0 saturated carbocycles. The van der Waals surface area contributed by atoms with Crippen molar-refractivity contribution in [3.63, 3.8) is 0 Å². The highest BCUT2D eigenvalue weighted by molar-refractivity contribution is 7.10. The first-order valence-electron chi connectivity index (χ1n) is 8.51. The standard InChI is InChI=1S/C17H24N2O2S.ClH/c20-16(14-3-1-2-8-18-14)19-9-6-17(7-10-19)13-5-12-22-15(13)4-11-21-17;/h5,12,14,18H,1-4,6-11H2;1H/t14-;/m1./s1. The molecule has 0 aromatic carbocycles. The number of fused-ring (bicyclic) bond motifs is 2. The van der Waals surface area contributed by atoms with E-state index in [-0.39, 0.29) is 24.0 Å². The van der Waals surface area contributed by atoms with Gasteiger partial charge in [0.2, 0.25) is 5.91 Å². The summed E-state index contributed by atoms with van der Waals surface area (Å²) in [4.78, 5) is 16.2. The molecule has 1 aromatic rings. The molecule has 3 aliphatic rings. The maximum absolute atomic E-state index is 12.6. The Kier molecular flexibility index (Phi) is 5.31. The van der Waals surface area contributed by atoms with Gasteiger partial charge in [0.1, 0.15) is 0 Å². The molecule has 0 radical (unpaired) electrons. The highest BCUT2D eigenvalue weighted by atomic mass is 35.5. The summed E-state index contributed by atoms with van der Waals surface area (Å²) in [6.45, 7) is 3.46. The number of rotatable bonds is 1. The van der Waals surface area contributed by atoms with Crippen molar-refractivity contribution in [1.82, 2.24) is 10.2 Å². The highest BCUT2D eigenvalue weighted by Crippen LogP contribution is 2.43. The highest BCUT2D eigenvalue weighted by Gasteiger charge is 2.42. The van der Waals surface area contributed by atoms with Gasteiger partial charge in [-0.2, -0.15) is 0 Å². The van der Waals surface area contributed by atoms with Crippen molar-refractivity contribution in [1.29, 1.82) is 0 Å². The van der Waals surface area contributed by atoms with Crippen LogP contribution in [0.5, 0.6) is 0 Å². The van der Waals surface area contributed by atoms with Crippen LogP contribution >= 0.6 is 23.7 Å². The lowest BCUT2D eigenvalue weighted by Gasteiger charge is -2.44. The molecule has 4 nitrogen and oxygen atoms in total. The number of hydrogen-bond acceptors (Lipinski definition) is 4. The summed E-state index contributed by atoms with van der Waals surface area (Å²) in [5.74, 6) is 0.302. The van der Waals surface area contributed by atoms with E-state index in [1.165, 1.54) is 23.3 Å². The first kappa shape index (κ1) is 17.2. The second-order valence-corrected chi connectivity index (χ2v) is 7.68. The molecule has 2 fully saturated rings. The van der Waals surface area contributed by atoms with Crippen molar-refractivity contribution in [3.8, 4) is 0 Å². The van der Waals surface area contributed by atoms with Crippen LogP contribution in [0.15, 0.2) is 11.4 Å². The fraction of sp³-hybridized carbons (Fsp3) is 0.706. The summed E-state index contributed by atoms with van der Waals surface area (Å²) < 4.78 is 6.22. The summed E-state index contributed by atoms with van der Waals surface area (Å²) in [6.07, 6.45) is 6.28. The van der Waals surface area contributed by atoms with E-state index in [0.29, 0.717) is 5.91 Å². The zero-order valence-electron chi connectivity index (χ0n) is 13.4. The second kappa shape index (κ2) is 7.09. The summed E-state index contributed by atoms with van der Waals surface area (Å²) in [6, 6.07) is 2.28. The molecule has 4 heterocycles. The van der Waals surface area contributed by atoms with Gasteiger partial charge in [0.25, 0.3) is 0 Å². The van der Waals surface area contributed by atoms with Gasteiger partial charge in [-0.1, -0.05) is 6.42 Å². The number of likely N-dealkylation sites (tertiary alicyclic amines) is 1. The minimum Gasteiger partial charge on any atom is -0.370 e. The van der Waals surface area contributed by atoms with E-state index < -0.39 is 0 Å². The summed E-state index contributed by atoms with van der Waals surface area (Å²) in [7, 11) is 0. The number of carbonyl (C=O) groups excluding carboxylic acids is 1. The van der Waals surface area contributed by atoms with Gasteiger partial charge in [0.05, 0.1) is 18.2 Å². The molecule has 128 valence electrons. The lowest BCUT2D eigenvalue weighted by Crippen LogP contribution is -2.53. The number of halogens is 1. The maximum atomic E-state index is 12.6. The lowest BCUT2D eigenvalue weighted by molar-refractivity contribution is -0.143. The van der Waals surface area contributed by atoms with Crippen LogP contribution in [0.25, 0.3) is 0 Å². The number of carbonyl (C=O) groups is 1. The number of nitrogens with zero attached hydrogens (tertiary/aromatic N) is 1. The molecule has 0 unspecified atom stereocenters. The first-order valence-corrected chi connectivity index (χ1v) is 9.39. The molecule has 1 N–H and O–H groups in total. The average molecular weight is 357 g/mol. The van der Waals surface area contributed by atoms with Gasteiger partial charge >= 0.3 is 0 Å². The number of hydrogen-bond donors (Lipinski definition) is 1. The fourth-order valence-electron chi connectivity index (χ4n) is 4.14. The molecule has 3 aliphatic heterocycles. The van der Waals surface area contributed by atoms with Crippen molar-refractivity contribution in [2.24, 2.45) is 0 Å². The molecule has 2 saturated heterocycles. The molecular formula is C17H25ClN2O2S. The van der Waals surface area contributed by atoms with Gasteiger partial charge in [-0.05, 0) is 49.2 Å². The predicted octanol–water partition coefficient (Wildman–Crippen LogP) is 2.70. The van der Waals surface area contributed by atoms with Gasteiger partial charge in [-0.15, -0.1) is 23.7 Å². The normalized spacial score (nSPS) is 26.4. The van der Waals surface area contributed by atoms with Crippen molar-refractivity contribution in [2.45, 2.75) is 50.2 Å². The number of piperidine rings is 2. The Balaban J connectivity index is 0.00000156. The van der Waals surface area contributed by atoms with E-state index in [9.17, 15) is 4.79 Å². The zero-order chi connectivity index (χ0) is 15.0. The maximum Gasteiger partial charge on any atom is 0.239 e. The van der Waals surface area contributed by atoms with Crippen LogP contribution in [0.3, 0.4) is 0 Å². The minimum absolute atomic E-state index is 0. The summed E-state index contributed by atoms with van der Waals surface area (Å²) in [5, 5.41) is 5.56. The third-order valence-electron chi connectivity index (χ3n) is 5.43. The molecule has 1 aromatic heterocycles. The Bertz CT molecular complexity index is 549. The smallest absolute Gasteiger partial charge is 0.239 e. The van der Waals surface area contributed by atoms with E-state index in [0.717, 1.165) is 51.9 Å². The van der Waals surface area contributed by atoms with E-state index in [1.54, 1.807) is 0 Å². The largest absolute Gasteiger partial charge is 0.370 e. The third kappa shape index (κ3) is 3.16.